The van der Waals surface area contributed by atoms with Gasteiger partial charge < -0.3 is 14.7 Å². The number of aliphatic imine (C=N–C) groups is 2. The average Bonchev–Trinajstić information content (AvgIpc) is 3.08. The maximum Gasteiger partial charge on any atom is 0.417 e. The van der Waals surface area contributed by atoms with E-state index in [1.165, 1.54) is 23.1 Å². The van der Waals surface area contributed by atoms with E-state index < -0.39 is 17.6 Å². The van der Waals surface area contributed by atoms with Crippen LogP contribution in [-0.4, -0.2) is 71.0 Å². The molecule has 1 fully saturated rings. The fourth-order valence-corrected chi connectivity index (χ4v) is 3.67. The first kappa shape index (κ1) is 18.5. The van der Waals surface area contributed by atoms with Crippen molar-refractivity contribution in [3.8, 4) is 0 Å². The predicted molar refractivity (Wildman–Crippen MR) is 99.1 cm³/mol. The van der Waals surface area contributed by atoms with Crippen molar-refractivity contribution in [2.75, 3.05) is 32.7 Å². The van der Waals surface area contributed by atoms with Crippen LogP contribution in [0.2, 0.25) is 0 Å². The number of rotatable bonds is 1. The molecular formula is C19H20F3N5O. The number of hydrogen-bond donors (Lipinski definition) is 0. The lowest BCUT2D eigenvalue weighted by molar-refractivity contribution is -0.138. The van der Waals surface area contributed by atoms with Gasteiger partial charge in [-0.2, -0.15) is 13.2 Å². The molecule has 0 N–H and O–H groups in total. The predicted octanol–water partition coefficient (Wildman–Crippen LogP) is 2.45. The molecular weight excluding hydrogens is 371 g/mol. The molecule has 0 spiro atoms. The van der Waals surface area contributed by atoms with Crippen LogP contribution in [0.25, 0.3) is 0 Å². The summed E-state index contributed by atoms with van der Waals surface area (Å²) in [7, 11) is 0. The first-order chi connectivity index (χ1) is 13.4. The van der Waals surface area contributed by atoms with Gasteiger partial charge in [-0.15, -0.1) is 0 Å². The molecule has 0 aliphatic carbocycles. The zero-order valence-electron chi connectivity index (χ0n) is 15.4. The fraction of sp³-hybridized carbons (Fsp3) is 0.421. The smallest absolute Gasteiger partial charge is 0.350 e. The van der Waals surface area contributed by atoms with Crippen LogP contribution in [-0.2, 0) is 6.18 Å². The molecule has 3 heterocycles. The lowest BCUT2D eigenvalue weighted by Gasteiger charge is -2.38. The minimum Gasteiger partial charge on any atom is -0.350 e. The van der Waals surface area contributed by atoms with E-state index in [-0.39, 0.29) is 11.6 Å². The monoisotopic (exact) mass is 391 g/mol. The van der Waals surface area contributed by atoms with Crippen molar-refractivity contribution in [3.05, 3.63) is 47.8 Å². The second-order valence-electron chi connectivity index (χ2n) is 6.99. The summed E-state index contributed by atoms with van der Waals surface area (Å²) in [4.78, 5) is 27.3. The molecule has 9 heteroatoms. The molecule has 0 bridgehead atoms. The van der Waals surface area contributed by atoms with Crippen molar-refractivity contribution < 1.29 is 18.0 Å². The number of benzene rings is 1. The Hall–Kier alpha value is -2.84. The molecule has 1 unspecified atom stereocenters. The van der Waals surface area contributed by atoms with Gasteiger partial charge in [0.1, 0.15) is 0 Å². The molecule has 1 atom stereocenters. The number of piperazine rings is 1. The van der Waals surface area contributed by atoms with Crippen LogP contribution >= 0.6 is 0 Å². The summed E-state index contributed by atoms with van der Waals surface area (Å²) in [5.41, 5.74) is -1.20. The van der Waals surface area contributed by atoms with E-state index in [1.54, 1.807) is 6.20 Å². The van der Waals surface area contributed by atoms with Crippen molar-refractivity contribution in [1.82, 2.24) is 14.7 Å². The van der Waals surface area contributed by atoms with Gasteiger partial charge in [-0.3, -0.25) is 9.79 Å². The zero-order chi connectivity index (χ0) is 19.9. The standard InChI is InChI=1S/C19H20F3N5O/c1-13-12-24-17-16(23-6-7-27(13)17)25-8-10-26(11-9-25)18(28)14-4-2-3-5-15(14)19(20,21)22/h2-7,13H,8-12H2,1H3. The molecule has 3 aliphatic heterocycles. The zero-order valence-corrected chi connectivity index (χ0v) is 15.4. The van der Waals surface area contributed by atoms with E-state index in [4.69, 9.17) is 0 Å². The van der Waals surface area contributed by atoms with Crippen LogP contribution in [0.15, 0.2) is 46.7 Å². The molecule has 4 rings (SSSR count). The minimum absolute atomic E-state index is 0.276. The number of carbonyl (C=O) groups excluding carboxylic acids is 1. The van der Waals surface area contributed by atoms with Gasteiger partial charge >= 0.3 is 6.18 Å². The van der Waals surface area contributed by atoms with Crippen LogP contribution in [0.1, 0.15) is 22.8 Å². The number of alkyl halides is 3. The molecule has 0 aromatic heterocycles. The van der Waals surface area contributed by atoms with Gasteiger partial charge in [-0.25, -0.2) is 4.99 Å². The second kappa shape index (κ2) is 6.96. The number of halogens is 3. The van der Waals surface area contributed by atoms with Crippen LogP contribution in [0.5, 0.6) is 0 Å². The largest absolute Gasteiger partial charge is 0.417 e. The third-order valence-electron chi connectivity index (χ3n) is 5.18. The van der Waals surface area contributed by atoms with Crippen molar-refractivity contribution in [3.63, 3.8) is 0 Å². The van der Waals surface area contributed by atoms with Gasteiger partial charge in [-0.1, -0.05) is 12.1 Å². The molecule has 1 aromatic carbocycles. The summed E-state index contributed by atoms with van der Waals surface area (Å²) in [5.74, 6) is 0.985. The van der Waals surface area contributed by atoms with Gasteiger partial charge in [0.2, 0.25) is 0 Å². The number of nitrogens with zero attached hydrogens (tertiary/aromatic N) is 5. The summed E-state index contributed by atoms with van der Waals surface area (Å²) < 4.78 is 39.7. The Balaban J connectivity index is 1.46. The molecule has 6 nitrogen and oxygen atoms in total. The van der Waals surface area contributed by atoms with Crippen LogP contribution in [0, 0.1) is 0 Å². The van der Waals surface area contributed by atoms with Gasteiger partial charge in [0.25, 0.3) is 5.91 Å². The Kier molecular flexibility index (Phi) is 4.60. The Morgan fingerprint density at radius 3 is 2.54 bits per heavy atom. The third-order valence-corrected chi connectivity index (χ3v) is 5.18. The highest BCUT2D eigenvalue weighted by molar-refractivity contribution is 6.41. The summed E-state index contributed by atoms with van der Waals surface area (Å²) in [6, 6.07) is 5.20. The van der Waals surface area contributed by atoms with Gasteiger partial charge in [0.05, 0.1) is 23.7 Å². The SMILES string of the molecule is CC1CN=C2C(N3CCN(C(=O)c4ccccc4C(F)(F)F)CC3)=NC=CN21. The second-order valence-corrected chi connectivity index (χ2v) is 6.99. The number of fused-ring (bicyclic) bond motifs is 1. The van der Waals surface area contributed by atoms with E-state index in [9.17, 15) is 18.0 Å². The number of amides is 1. The Bertz CT molecular complexity index is 869. The lowest BCUT2D eigenvalue weighted by atomic mass is 10.1. The molecule has 1 amide bonds. The summed E-state index contributed by atoms with van der Waals surface area (Å²) in [6.45, 7) is 4.43. The normalized spacial score (nSPS) is 22.1. The average molecular weight is 391 g/mol. The van der Waals surface area contributed by atoms with Crippen LogP contribution in [0.3, 0.4) is 0 Å². The van der Waals surface area contributed by atoms with E-state index in [1.807, 2.05) is 11.1 Å². The summed E-state index contributed by atoms with van der Waals surface area (Å²) >= 11 is 0. The van der Waals surface area contributed by atoms with Gasteiger partial charge in [0.15, 0.2) is 11.7 Å². The first-order valence-electron chi connectivity index (χ1n) is 9.14. The van der Waals surface area contributed by atoms with Crippen LogP contribution < -0.4 is 0 Å². The number of hydrogen-bond acceptors (Lipinski definition) is 5. The van der Waals surface area contributed by atoms with E-state index in [0.29, 0.717) is 32.7 Å². The van der Waals surface area contributed by atoms with E-state index >= 15 is 0 Å². The van der Waals surface area contributed by atoms with Crippen LogP contribution in [0.4, 0.5) is 13.2 Å². The number of carbonyl (C=O) groups is 1. The molecule has 3 aliphatic rings. The summed E-state index contributed by atoms with van der Waals surface area (Å²) in [5, 5.41) is 0. The third kappa shape index (κ3) is 3.25. The Morgan fingerprint density at radius 1 is 1.11 bits per heavy atom. The maximum absolute atomic E-state index is 13.2. The van der Waals surface area contributed by atoms with Crippen molar-refractivity contribution in [2.24, 2.45) is 9.98 Å². The quantitative estimate of drug-likeness (QED) is 0.739. The highest BCUT2D eigenvalue weighted by Crippen LogP contribution is 2.32. The minimum atomic E-state index is -4.56. The molecule has 148 valence electrons. The fourth-order valence-electron chi connectivity index (χ4n) is 3.67. The van der Waals surface area contributed by atoms with Crippen molar-refractivity contribution >= 4 is 17.6 Å². The molecule has 0 radical (unpaired) electrons. The first-order valence-corrected chi connectivity index (χ1v) is 9.14. The Morgan fingerprint density at radius 2 is 1.82 bits per heavy atom. The highest BCUT2D eigenvalue weighted by atomic mass is 19.4. The van der Waals surface area contributed by atoms with Crippen molar-refractivity contribution in [2.45, 2.75) is 19.1 Å². The van der Waals surface area contributed by atoms with E-state index in [0.717, 1.165) is 17.7 Å². The molecule has 1 aromatic rings. The van der Waals surface area contributed by atoms with Gasteiger partial charge in [-0.05, 0) is 19.1 Å². The summed E-state index contributed by atoms with van der Waals surface area (Å²) in [6.07, 6.45) is -0.931. The topological polar surface area (TPSA) is 51.5 Å². The maximum atomic E-state index is 13.2. The highest BCUT2D eigenvalue weighted by Gasteiger charge is 2.37. The Labute approximate surface area is 160 Å². The molecule has 1 saturated heterocycles. The molecule has 28 heavy (non-hydrogen) atoms. The number of amidine groups is 2. The van der Waals surface area contributed by atoms with Crippen molar-refractivity contribution in [1.29, 1.82) is 0 Å². The van der Waals surface area contributed by atoms with Gasteiger partial charge in [0, 0.05) is 38.6 Å². The van der Waals surface area contributed by atoms with E-state index in [2.05, 4.69) is 21.8 Å². The lowest BCUT2D eigenvalue weighted by Crippen LogP contribution is -2.54. The molecule has 0 saturated carbocycles.